The van der Waals surface area contributed by atoms with Crippen LogP contribution in [0.25, 0.3) is 11.8 Å². The fourth-order valence-corrected chi connectivity index (χ4v) is 6.46. The first-order valence-corrected chi connectivity index (χ1v) is 14.7. The van der Waals surface area contributed by atoms with Crippen LogP contribution in [0.4, 0.5) is 0 Å². The smallest absolute Gasteiger partial charge is 0.338 e. The third kappa shape index (κ3) is 5.42. The molecule has 0 amide bonds. The molecule has 1 atom stereocenters. The number of halogens is 1. The quantitative estimate of drug-likeness (QED) is 0.261. The molecule has 0 radical (unpaired) electrons. The molecule has 1 aliphatic rings. The minimum atomic E-state index is -0.749. The first-order valence-electron chi connectivity index (χ1n) is 13.5. The number of nitrogens with zero attached hydrogens (tertiary/aromatic N) is 3. The van der Waals surface area contributed by atoms with Gasteiger partial charge in [0, 0.05) is 27.7 Å². The van der Waals surface area contributed by atoms with E-state index in [0.29, 0.717) is 36.9 Å². The molecule has 2 aromatic carbocycles. The van der Waals surface area contributed by atoms with E-state index in [-0.39, 0.29) is 18.3 Å². The predicted molar refractivity (Wildman–Crippen MR) is 163 cm³/mol. The topological polar surface area (TPSA) is 74.8 Å². The summed E-state index contributed by atoms with van der Waals surface area (Å²) in [6.45, 7) is 11.7. The van der Waals surface area contributed by atoms with E-state index >= 15 is 0 Å². The number of aromatic nitrogens is 2. The second-order valence-electron chi connectivity index (χ2n) is 10.1. The summed E-state index contributed by atoms with van der Waals surface area (Å²) >= 11 is 7.56. The van der Waals surface area contributed by atoms with Crippen LogP contribution in [0.15, 0.2) is 75.7 Å². The fraction of sp³-hybridized carbons (Fsp3) is 0.281. The summed E-state index contributed by atoms with van der Waals surface area (Å²) in [7, 11) is 0. The molecular weight excluding hydrogens is 558 g/mol. The lowest BCUT2D eigenvalue weighted by Crippen LogP contribution is -2.40. The molecule has 0 N–H and O–H groups in total. The second-order valence-corrected chi connectivity index (χ2v) is 11.6. The number of hydrogen-bond acceptors (Lipinski definition) is 6. The molecule has 0 saturated heterocycles. The molecule has 9 heteroatoms. The first-order chi connectivity index (χ1) is 19.6. The normalized spacial score (nSPS) is 15.2. The summed E-state index contributed by atoms with van der Waals surface area (Å²) in [5.74, 6) is 0.0982. The zero-order valence-corrected chi connectivity index (χ0v) is 25.5. The largest absolute Gasteiger partial charge is 0.491 e. The first kappa shape index (κ1) is 28.6. The number of rotatable bonds is 7. The minimum absolute atomic E-state index is 0.0992. The molecule has 0 saturated carbocycles. The number of allylic oxidation sites excluding steroid dienone is 1. The summed E-state index contributed by atoms with van der Waals surface area (Å²) in [6.07, 6.45) is 1.79. The van der Waals surface area contributed by atoms with Crippen molar-refractivity contribution in [1.82, 2.24) is 9.13 Å². The van der Waals surface area contributed by atoms with Crippen molar-refractivity contribution in [2.75, 3.05) is 6.61 Å². The Hall–Kier alpha value is -3.88. The highest BCUT2D eigenvalue weighted by Gasteiger charge is 2.35. The Kier molecular flexibility index (Phi) is 8.07. The molecule has 1 aliphatic heterocycles. The maximum absolute atomic E-state index is 14.1. The summed E-state index contributed by atoms with van der Waals surface area (Å²) in [5, 5.41) is 0.652. The van der Waals surface area contributed by atoms with E-state index in [4.69, 9.17) is 26.1 Å². The van der Waals surface area contributed by atoms with Gasteiger partial charge < -0.3 is 14.0 Å². The van der Waals surface area contributed by atoms with Crippen LogP contribution in [0.3, 0.4) is 0 Å². The van der Waals surface area contributed by atoms with Gasteiger partial charge in [-0.05, 0) is 83.5 Å². The van der Waals surface area contributed by atoms with Crippen LogP contribution in [0.1, 0.15) is 56.3 Å². The number of ether oxygens (including phenoxy) is 2. The average Bonchev–Trinajstić information content (AvgIpc) is 3.37. The molecule has 0 unspecified atom stereocenters. The van der Waals surface area contributed by atoms with Crippen molar-refractivity contribution in [3.05, 3.63) is 113 Å². The molecule has 0 spiro atoms. The van der Waals surface area contributed by atoms with Crippen molar-refractivity contribution in [2.24, 2.45) is 4.99 Å². The highest BCUT2D eigenvalue weighted by molar-refractivity contribution is 7.07. The van der Waals surface area contributed by atoms with Gasteiger partial charge >= 0.3 is 5.97 Å². The van der Waals surface area contributed by atoms with Crippen LogP contribution in [0, 0.1) is 13.8 Å². The van der Waals surface area contributed by atoms with Gasteiger partial charge in [-0.3, -0.25) is 9.36 Å². The number of aryl methyl sites for hydroxylation is 1. The summed E-state index contributed by atoms with van der Waals surface area (Å²) in [6, 6.07) is 16.5. The molecule has 3 heterocycles. The summed E-state index contributed by atoms with van der Waals surface area (Å²) in [5.41, 5.74) is 5.15. The van der Waals surface area contributed by atoms with Gasteiger partial charge in [-0.1, -0.05) is 47.2 Å². The van der Waals surface area contributed by atoms with Gasteiger partial charge in [0.2, 0.25) is 0 Å². The minimum Gasteiger partial charge on any atom is -0.491 e. The van der Waals surface area contributed by atoms with E-state index in [1.54, 1.807) is 18.4 Å². The Balaban J connectivity index is 1.72. The Labute approximate surface area is 247 Å². The van der Waals surface area contributed by atoms with Gasteiger partial charge in [-0.2, -0.15) is 0 Å². The Morgan fingerprint density at radius 3 is 2.59 bits per heavy atom. The molecule has 0 bridgehead atoms. The number of esters is 1. The standard InChI is InChI=1S/C32H32ClN3O4S/c1-7-39-31(38)28-20(5)34-32-36(29(28)25-13-8-9-14-26(25)40-18(2)3)30(37)27(41-32)16-22-15-19(4)35(21(22)6)24-12-10-11-23(33)17-24/h8-18,29H,7H2,1-6H3/b27-16+/t29-/m1/s1. The lowest BCUT2D eigenvalue weighted by Gasteiger charge is -2.26. The van der Waals surface area contributed by atoms with Crippen molar-refractivity contribution in [3.63, 3.8) is 0 Å². The van der Waals surface area contributed by atoms with Crippen molar-refractivity contribution in [2.45, 2.75) is 53.7 Å². The van der Waals surface area contributed by atoms with E-state index in [0.717, 1.165) is 22.6 Å². The monoisotopic (exact) mass is 589 g/mol. The number of hydrogen-bond donors (Lipinski definition) is 0. The van der Waals surface area contributed by atoms with Gasteiger partial charge in [-0.25, -0.2) is 9.79 Å². The molecule has 0 aliphatic carbocycles. The van der Waals surface area contributed by atoms with Crippen LogP contribution >= 0.6 is 22.9 Å². The molecule has 5 rings (SSSR count). The van der Waals surface area contributed by atoms with E-state index in [2.05, 4.69) is 4.57 Å². The zero-order valence-electron chi connectivity index (χ0n) is 23.9. The Morgan fingerprint density at radius 2 is 1.88 bits per heavy atom. The number of carbonyl (C=O) groups excluding carboxylic acids is 1. The lowest BCUT2D eigenvalue weighted by atomic mass is 9.95. The molecule has 212 valence electrons. The van der Waals surface area contributed by atoms with Gasteiger partial charge in [0.25, 0.3) is 5.56 Å². The van der Waals surface area contributed by atoms with Crippen LogP contribution in [0.5, 0.6) is 5.75 Å². The summed E-state index contributed by atoms with van der Waals surface area (Å²) < 4.78 is 15.8. The van der Waals surface area contributed by atoms with Gasteiger partial charge in [0.15, 0.2) is 4.80 Å². The molecule has 4 aromatic rings. The molecule has 7 nitrogen and oxygen atoms in total. The van der Waals surface area contributed by atoms with Crippen LogP contribution in [0.2, 0.25) is 5.02 Å². The SMILES string of the molecule is CCOC(=O)C1=C(C)N=c2s/c(=C/c3cc(C)n(-c4cccc(Cl)c4)c3C)c(=O)n2[C@@H]1c1ccccc1OC(C)C. The van der Waals surface area contributed by atoms with Crippen molar-refractivity contribution in [3.8, 4) is 11.4 Å². The van der Waals surface area contributed by atoms with Crippen LogP contribution < -0.4 is 19.6 Å². The average molecular weight is 590 g/mol. The fourth-order valence-electron chi connectivity index (χ4n) is 5.24. The van der Waals surface area contributed by atoms with Crippen molar-refractivity contribution < 1.29 is 14.3 Å². The number of thiazole rings is 1. The van der Waals surface area contributed by atoms with Gasteiger partial charge in [0.05, 0.1) is 28.5 Å². The van der Waals surface area contributed by atoms with E-state index < -0.39 is 12.0 Å². The third-order valence-electron chi connectivity index (χ3n) is 6.92. The lowest BCUT2D eigenvalue weighted by molar-refractivity contribution is -0.139. The second kappa shape index (κ2) is 11.5. The number of benzene rings is 2. The molecule has 2 aromatic heterocycles. The molecule has 41 heavy (non-hydrogen) atoms. The van der Waals surface area contributed by atoms with Gasteiger partial charge in [-0.15, -0.1) is 0 Å². The zero-order chi connectivity index (χ0) is 29.4. The number of para-hydroxylation sites is 1. The van der Waals surface area contributed by atoms with Crippen molar-refractivity contribution >= 4 is 35.0 Å². The predicted octanol–water partition coefficient (Wildman–Crippen LogP) is 5.65. The summed E-state index contributed by atoms with van der Waals surface area (Å²) in [4.78, 5) is 32.6. The maximum Gasteiger partial charge on any atom is 0.338 e. The Morgan fingerprint density at radius 1 is 1.12 bits per heavy atom. The Bertz CT molecular complexity index is 1860. The molecule has 0 fully saturated rings. The van der Waals surface area contributed by atoms with Crippen LogP contribution in [-0.2, 0) is 9.53 Å². The van der Waals surface area contributed by atoms with E-state index in [9.17, 15) is 9.59 Å². The highest BCUT2D eigenvalue weighted by atomic mass is 35.5. The highest BCUT2D eigenvalue weighted by Crippen LogP contribution is 2.36. The van der Waals surface area contributed by atoms with E-state index in [1.165, 1.54) is 11.3 Å². The number of carbonyl (C=O) groups is 1. The maximum atomic E-state index is 14.1. The molecular formula is C32H32ClN3O4S. The third-order valence-corrected chi connectivity index (χ3v) is 8.13. The van der Waals surface area contributed by atoms with Crippen LogP contribution in [-0.4, -0.2) is 27.8 Å². The number of fused-ring (bicyclic) bond motifs is 1. The van der Waals surface area contributed by atoms with Gasteiger partial charge in [0.1, 0.15) is 11.8 Å². The van der Waals surface area contributed by atoms with Crippen molar-refractivity contribution in [1.29, 1.82) is 0 Å². The van der Waals surface area contributed by atoms with E-state index in [1.807, 2.05) is 88.4 Å².